The third kappa shape index (κ3) is 6.58. The van der Waals surface area contributed by atoms with Gasteiger partial charge in [-0.05, 0) is 80.8 Å². The summed E-state index contributed by atoms with van der Waals surface area (Å²) < 4.78 is 6.27. The number of carboxylic acids is 1. The fourth-order valence-corrected chi connectivity index (χ4v) is 4.64. The molecule has 1 aliphatic heterocycles. The summed E-state index contributed by atoms with van der Waals surface area (Å²) in [5, 5.41) is 13.0. The molecule has 2 N–H and O–H groups in total. The number of rotatable bonds is 7. The number of aromatic nitrogens is 1. The van der Waals surface area contributed by atoms with Gasteiger partial charge in [-0.25, -0.2) is 4.98 Å². The zero-order valence-corrected chi connectivity index (χ0v) is 19.3. The van der Waals surface area contributed by atoms with Gasteiger partial charge in [0.1, 0.15) is 6.10 Å². The van der Waals surface area contributed by atoms with E-state index in [2.05, 4.69) is 22.4 Å². The van der Waals surface area contributed by atoms with Crippen LogP contribution in [0.1, 0.15) is 44.1 Å². The van der Waals surface area contributed by atoms with Crippen LogP contribution >= 0.6 is 24.8 Å². The highest BCUT2D eigenvalue weighted by molar-refractivity contribution is 5.85. The van der Waals surface area contributed by atoms with Crippen molar-refractivity contribution in [2.45, 2.75) is 51.0 Å². The Bertz CT molecular complexity index is 837. The van der Waals surface area contributed by atoms with E-state index in [1.165, 1.54) is 19.3 Å². The van der Waals surface area contributed by atoms with Crippen LogP contribution in [0, 0.1) is 11.8 Å². The molecule has 1 aromatic heterocycles. The van der Waals surface area contributed by atoms with Crippen molar-refractivity contribution in [3.63, 3.8) is 0 Å². The Balaban J connectivity index is 0.00000171. The van der Waals surface area contributed by atoms with Gasteiger partial charge in [-0.15, -0.1) is 24.8 Å². The molecule has 0 radical (unpaired) electrons. The first-order valence-electron chi connectivity index (χ1n) is 10.8. The summed E-state index contributed by atoms with van der Waals surface area (Å²) in [6.45, 7) is 1.70. The molecule has 2 aliphatic rings. The average Bonchev–Trinajstić information content (AvgIpc) is 3.28. The fraction of sp³-hybridized carbons (Fsp3) is 0.500. The smallest absolute Gasteiger partial charge is 0.307 e. The van der Waals surface area contributed by atoms with Crippen LogP contribution in [0.2, 0.25) is 0 Å². The van der Waals surface area contributed by atoms with Gasteiger partial charge in [0.25, 0.3) is 0 Å². The molecule has 1 saturated heterocycles. The molecule has 2 aromatic rings. The maximum absolute atomic E-state index is 11.9. The molecule has 1 aliphatic carbocycles. The maximum atomic E-state index is 11.9. The van der Waals surface area contributed by atoms with Crippen molar-refractivity contribution in [3.8, 4) is 17.0 Å². The quantitative estimate of drug-likeness (QED) is 0.589. The van der Waals surface area contributed by atoms with Gasteiger partial charge in [-0.3, -0.25) is 4.79 Å². The van der Waals surface area contributed by atoms with Crippen LogP contribution < -0.4 is 10.1 Å². The lowest BCUT2D eigenvalue weighted by atomic mass is 9.85. The normalized spacial score (nSPS) is 19.7. The van der Waals surface area contributed by atoms with Crippen molar-refractivity contribution in [2.24, 2.45) is 11.8 Å². The summed E-state index contributed by atoms with van der Waals surface area (Å²) in [6, 6.07) is 12.2. The minimum absolute atomic E-state index is 0. The third-order valence-corrected chi connectivity index (χ3v) is 6.28. The predicted molar refractivity (Wildman–Crippen MR) is 127 cm³/mol. The third-order valence-electron chi connectivity index (χ3n) is 6.28. The zero-order chi connectivity index (χ0) is 20.1. The molecule has 0 spiro atoms. The lowest BCUT2D eigenvalue weighted by molar-refractivity contribution is -0.143. The van der Waals surface area contributed by atoms with Gasteiger partial charge >= 0.3 is 5.97 Å². The number of nitrogens with zero attached hydrogens (tertiary/aromatic N) is 1. The van der Waals surface area contributed by atoms with Crippen LogP contribution in [0.5, 0.6) is 5.88 Å². The fourth-order valence-electron chi connectivity index (χ4n) is 4.64. The molecule has 2 atom stereocenters. The van der Waals surface area contributed by atoms with Gasteiger partial charge in [0.2, 0.25) is 5.88 Å². The number of hydrogen-bond acceptors (Lipinski definition) is 4. The topological polar surface area (TPSA) is 71.5 Å². The average molecular weight is 467 g/mol. The van der Waals surface area contributed by atoms with E-state index < -0.39 is 5.97 Å². The van der Waals surface area contributed by atoms with Crippen LogP contribution in [-0.2, 0) is 11.2 Å². The van der Waals surface area contributed by atoms with Gasteiger partial charge in [-0.2, -0.15) is 0 Å². The van der Waals surface area contributed by atoms with Crippen LogP contribution in [0.3, 0.4) is 0 Å². The second kappa shape index (κ2) is 12.3. The molecule has 0 bridgehead atoms. The summed E-state index contributed by atoms with van der Waals surface area (Å²) in [5.41, 5.74) is 3.07. The van der Waals surface area contributed by atoms with E-state index in [0.717, 1.165) is 49.0 Å². The highest BCUT2D eigenvalue weighted by Gasteiger charge is 2.30. The molecule has 0 unspecified atom stereocenters. The summed E-state index contributed by atoms with van der Waals surface area (Å²) in [7, 11) is 0. The maximum Gasteiger partial charge on any atom is 0.307 e. The second-order valence-corrected chi connectivity index (χ2v) is 8.34. The molecule has 31 heavy (non-hydrogen) atoms. The van der Waals surface area contributed by atoms with Crippen molar-refractivity contribution in [1.29, 1.82) is 0 Å². The van der Waals surface area contributed by atoms with E-state index in [-0.39, 0.29) is 42.8 Å². The monoisotopic (exact) mass is 466 g/mol. The summed E-state index contributed by atoms with van der Waals surface area (Å²) in [6.07, 6.45) is 9.40. The number of carboxylic acid groups (broad SMARTS) is 1. The minimum Gasteiger partial charge on any atom is -0.481 e. The Morgan fingerprint density at radius 3 is 2.65 bits per heavy atom. The summed E-state index contributed by atoms with van der Waals surface area (Å²) in [5.74, 6) is -0.176. The van der Waals surface area contributed by atoms with Crippen molar-refractivity contribution in [3.05, 3.63) is 48.2 Å². The van der Waals surface area contributed by atoms with Gasteiger partial charge in [0.05, 0.1) is 5.92 Å². The molecule has 2 fully saturated rings. The van der Waals surface area contributed by atoms with E-state index in [4.69, 9.17) is 4.74 Å². The van der Waals surface area contributed by atoms with E-state index in [9.17, 15) is 9.90 Å². The standard InChI is InChI=1S/C24H30N2O3.2ClH/c27-24(28)22(19-11-13-25-16-19)15-17-6-4-7-18(14-17)21-10-5-12-26-23(21)29-20-8-2-1-3-9-20;;/h4-7,10,12,14,19-20,22,25H,1-3,8-9,11,13,15-16H2,(H,27,28);2*1H/t19-,22-;;/m0../s1. The molecule has 7 heteroatoms. The lowest BCUT2D eigenvalue weighted by Crippen LogP contribution is -2.27. The molecule has 0 amide bonds. The lowest BCUT2D eigenvalue weighted by Gasteiger charge is -2.23. The Hall–Kier alpha value is -1.82. The number of hydrogen-bond donors (Lipinski definition) is 2. The number of benzene rings is 1. The van der Waals surface area contributed by atoms with Crippen LogP contribution in [0.4, 0.5) is 0 Å². The van der Waals surface area contributed by atoms with Gasteiger partial charge in [0, 0.05) is 11.8 Å². The van der Waals surface area contributed by atoms with E-state index in [0.29, 0.717) is 12.3 Å². The number of pyridine rings is 1. The highest BCUT2D eigenvalue weighted by Crippen LogP contribution is 2.32. The van der Waals surface area contributed by atoms with Crippen molar-refractivity contribution >= 4 is 30.8 Å². The molecule has 2 heterocycles. The molecule has 170 valence electrons. The number of ether oxygens (including phenoxy) is 1. The van der Waals surface area contributed by atoms with E-state index in [1.54, 1.807) is 6.20 Å². The molecule has 4 rings (SSSR count). The Labute approximate surface area is 196 Å². The van der Waals surface area contributed by atoms with Crippen LogP contribution in [0.15, 0.2) is 42.6 Å². The SMILES string of the molecule is Cl.Cl.O=C(O)[C@@H](Cc1cccc(-c2cccnc2OC2CCCCC2)c1)[C@H]1CCNC1. The van der Waals surface area contributed by atoms with Crippen molar-refractivity contribution in [2.75, 3.05) is 13.1 Å². The van der Waals surface area contributed by atoms with Crippen molar-refractivity contribution < 1.29 is 14.6 Å². The Kier molecular flexibility index (Phi) is 10.1. The first kappa shape index (κ1) is 25.4. The second-order valence-electron chi connectivity index (χ2n) is 8.34. The van der Waals surface area contributed by atoms with Gasteiger partial charge < -0.3 is 15.2 Å². The number of nitrogens with one attached hydrogen (secondary N) is 1. The first-order valence-corrected chi connectivity index (χ1v) is 10.8. The highest BCUT2D eigenvalue weighted by atomic mass is 35.5. The molecule has 1 saturated carbocycles. The molecule has 5 nitrogen and oxygen atoms in total. The van der Waals surface area contributed by atoms with Crippen LogP contribution in [-0.4, -0.2) is 35.3 Å². The summed E-state index contributed by atoms with van der Waals surface area (Å²) >= 11 is 0. The largest absolute Gasteiger partial charge is 0.481 e. The van der Waals surface area contributed by atoms with Crippen LogP contribution in [0.25, 0.3) is 11.1 Å². The Morgan fingerprint density at radius 2 is 1.94 bits per heavy atom. The van der Waals surface area contributed by atoms with Gasteiger partial charge in [0.15, 0.2) is 0 Å². The van der Waals surface area contributed by atoms with Gasteiger partial charge in [-0.1, -0.05) is 30.7 Å². The molecular weight excluding hydrogens is 435 g/mol. The predicted octanol–water partition coefficient (Wildman–Crippen LogP) is 5.16. The molecular formula is C24H32Cl2N2O3. The number of carbonyl (C=O) groups is 1. The van der Waals surface area contributed by atoms with E-state index in [1.807, 2.05) is 24.3 Å². The van der Waals surface area contributed by atoms with Crippen molar-refractivity contribution in [1.82, 2.24) is 10.3 Å². The summed E-state index contributed by atoms with van der Waals surface area (Å²) in [4.78, 5) is 16.4. The first-order chi connectivity index (χ1) is 14.2. The Morgan fingerprint density at radius 1 is 1.13 bits per heavy atom. The number of halogens is 2. The number of aliphatic carboxylic acids is 1. The molecule has 1 aromatic carbocycles. The minimum atomic E-state index is -0.702. The van der Waals surface area contributed by atoms with E-state index >= 15 is 0 Å². The zero-order valence-electron chi connectivity index (χ0n) is 17.7.